The highest BCUT2D eigenvalue weighted by Crippen LogP contribution is 2.47. The quantitative estimate of drug-likeness (QED) is 0.441. The first-order chi connectivity index (χ1) is 12.6. The Morgan fingerprint density at radius 3 is 2.11 bits per heavy atom. The fraction of sp³-hybridized carbons (Fsp3) is 0.0769. The maximum Gasteiger partial charge on any atom is 0.327 e. The zero-order valence-electron chi connectivity index (χ0n) is 12.9. The van der Waals surface area contributed by atoms with E-state index in [1.54, 1.807) is 0 Å². The molecule has 1 aromatic carbocycles. The summed E-state index contributed by atoms with van der Waals surface area (Å²) in [5.74, 6) is -1.20. The number of allylic oxidation sites excluding steroid dienone is 1. The normalized spacial score (nSPS) is 17.3. The monoisotopic (exact) mass is 377 g/mol. The summed E-state index contributed by atoms with van der Waals surface area (Å²) in [7, 11) is 0. The number of rotatable bonds is 4. The third kappa shape index (κ3) is 2.70. The Bertz CT molecular complexity index is 1040. The minimum Gasteiger partial charge on any atom is -0.497 e. The van der Waals surface area contributed by atoms with Crippen molar-refractivity contribution in [1.29, 1.82) is 0 Å². The van der Waals surface area contributed by atoms with Gasteiger partial charge >= 0.3 is 11.4 Å². The van der Waals surface area contributed by atoms with Gasteiger partial charge in [-0.05, 0) is 6.08 Å². The van der Waals surface area contributed by atoms with Gasteiger partial charge in [0.1, 0.15) is 0 Å². The van der Waals surface area contributed by atoms with Crippen LogP contribution in [0.25, 0.3) is 6.08 Å². The van der Waals surface area contributed by atoms with Crippen LogP contribution in [-0.2, 0) is 0 Å². The molecule has 0 saturated heterocycles. The lowest BCUT2D eigenvalue weighted by atomic mass is 9.90. The van der Waals surface area contributed by atoms with Gasteiger partial charge in [-0.3, -0.25) is 40.5 Å². The molecule has 1 aliphatic heterocycles. The average molecular weight is 377 g/mol. The second kappa shape index (κ2) is 5.87. The molecule has 0 amide bonds. The number of anilines is 1. The molecule has 0 saturated carbocycles. The largest absolute Gasteiger partial charge is 0.497 e. The van der Waals surface area contributed by atoms with E-state index in [-0.39, 0.29) is 16.8 Å². The highest BCUT2D eigenvalue weighted by atomic mass is 16.6. The van der Waals surface area contributed by atoms with Crippen LogP contribution >= 0.6 is 0 Å². The Morgan fingerprint density at radius 1 is 0.926 bits per heavy atom. The number of nitrogens with one attached hydrogen (secondary N) is 1. The number of nitro groups is 4. The molecule has 3 rings (SSSR count). The van der Waals surface area contributed by atoms with Crippen molar-refractivity contribution < 1.29 is 24.8 Å². The summed E-state index contributed by atoms with van der Waals surface area (Å²) in [5, 5.41) is 57.0. The number of fused-ring (bicyclic) bond motifs is 2. The van der Waals surface area contributed by atoms with Crippen molar-refractivity contribution in [3.8, 4) is 5.75 Å². The molecule has 1 aliphatic carbocycles. The van der Waals surface area contributed by atoms with Crippen LogP contribution in [0.4, 0.5) is 17.1 Å². The van der Waals surface area contributed by atoms with Crippen LogP contribution in [0.15, 0.2) is 35.2 Å². The summed E-state index contributed by atoms with van der Waals surface area (Å²) >= 11 is 0. The van der Waals surface area contributed by atoms with E-state index >= 15 is 0 Å². The lowest BCUT2D eigenvalue weighted by Crippen LogP contribution is -2.30. The van der Waals surface area contributed by atoms with E-state index in [0.29, 0.717) is 6.08 Å². The summed E-state index contributed by atoms with van der Waals surface area (Å²) < 4.78 is 0. The number of benzene rings is 1. The van der Waals surface area contributed by atoms with Crippen molar-refractivity contribution in [1.82, 2.24) is 0 Å². The SMILES string of the molecule is O=[N+]([O-])C1=CC2Nc3cc([N+](=O)[O-])c(O)c([N+](=O)[O-])c3C=C2C([N+](=O)[O-])=C1. The molecule has 0 spiro atoms. The van der Waals surface area contributed by atoms with Gasteiger partial charge in [0.15, 0.2) is 0 Å². The maximum absolute atomic E-state index is 11.3. The van der Waals surface area contributed by atoms with Gasteiger partial charge in [0.25, 0.3) is 17.1 Å². The molecule has 27 heavy (non-hydrogen) atoms. The standard InChI is InChI=1S/C13H7N5O9/c19-13-11(17(24)25)4-9-7(12(13)18(26)27)3-6-8(14-9)1-5(15(20)21)2-10(6)16(22)23/h1-4,8,14,19H. The van der Waals surface area contributed by atoms with Gasteiger partial charge < -0.3 is 10.4 Å². The van der Waals surface area contributed by atoms with E-state index < -0.39 is 54.3 Å². The molecule has 1 heterocycles. The number of phenolic OH excluding ortho intramolecular Hbond substituents is 1. The van der Waals surface area contributed by atoms with Crippen LogP contribution in [0.5, 0.6) is 5.75 Å². The van der Waals surface area contributed by atoms with Gasteiger partial charge in [-0.1, -0.05) is 0 Å². The number of hydrogen-bond acceptors (Lipinski definition) is 10. The number of aromatic hydroxyl groups is 1. The molecule has 14 nitrogen and oxygen atoms in total. The fourth-order valence-electron chi connectivity index (χ4n) is 2.82. The average Bonchev–Trinajstić information content (AvgIpc) is 2.57. The van der Waals surface area contributed by atoms with Gasteiger partial charge in [0, 0.05) is 12.1 Å². The molecule has 138 valence electrons. The zero-order chi connectivity index (χ0) is 20.0. The molecule has 0 aromatic heterocycles. The topological polar surface area (TPSA) is 205 Å². The molecule has 1 atom stereocenters. The van der Waals surface area contributed by atoms with Gasteiger partial charge in [-0.25, -0.2) is 0 Å². The predicted molar refractivity (Wildman–Crippen MR) is 87.0 cm³/mol. The molecule has 14 heteroatoms. The molecule has 1 aromatic rings. The maximum atomic E-state index is 11.3. The van der Waals surface area contributed by atoms with Crippen LogP contribution in [-0.4, -0.2) is 30.8 Å². The van der Waals surface area contributed by atoms with Crippen LogP contribution in [0.3, 0.4) is 0 Å². The lowest BCUT2D eigenvalue weighted by molar-refractivity contribution is -0.433. The van der Waals surface area contributed by atoms with Gasteiger partial charge in [0.05, 0.1) is 48.6 Å². The van der Waals surface area contributed by atoms with Crippen molar-refractivity contribution in [2.45, 2.75) is 6.04 Å². The van der Waals surface area contributed by atoms with Crippen molar-refractivity contribution in [2.75, 3.05) is 5.32 Å². The molecule has 1 unspecified atom stereocenters. The summed E-state index contributed by atoms with van der Waals surface area (Å²) in [6.07, 6.45) is 2.73. The minimum atomic E-state index is -1.20. The third-order valence-corrected chi connectivity index (χ3v) is 3.94. The van der Waals surface area contributed by atoms with E-state index in [4.69, 9.17) is 0 Å². The van der Waals surface area contributed by atoms with Crippen LogP contribution in [0.2, 0.25) is 0 Å². The van der Waals surface area contributed by atoms with Crippen LogP contribution in [0.1, 0.15) is 5.56 Å². The predicted octanol–water partition coefficient (Wildman–Crippen LogP) is 1.72. The fourth-order valence-corrected chi connectivity index (χ4v) is 2.82. The van der Waals surface area contributed by atoms with E-state index in [1.807, 2.05) is 0 Å². The number of nitro benzene ring substituents is 2. The van der Waals surface area contributed by atoms with Gasteiger partial charge in [-0.15, -0.1) is 0 Å². The Labute approximate surface area is 147 Å². The van der Waals surface area contributed by atoms with E-state index in [9.17, 15) is 45.6 Å². The zero-order valence-corrected chi connectivity index (χ0v) is 12.9. The Kier molecular flexibility index (Phi) is 3.79. The third-order valence-electron chi connectivity index (χ3n) is 3.94. The first-order valence-corrected chi connectivity index (χ1v) is 7.01. The highest BCUT2D eigenvalue weighted by Gasteiger charge is 2.40. The summed E-state index contributed by atoms with van der Waals surface area (Å²) in [5.41, 5.74) is -3.84. The Balaban J connectivity index is 2.30. The van der Waals surface area contributed by atoms with Gasteiger partial charge in [-0.2, -0.15) is 0 Å². The molecular formula is C13H7N5O9. The van der Waals surface area contributed by atoms with Crippen molar-refractivity contribution in [3.05, 3.63) is 81.2 Å². The summed E-state index contributed by atoms with van der Waals surface area (Å²) in [6, 6.07) is -0.304. The first kappa shape index (κ1) is 17.5. The lowest BCUT2D eigenvalue weighted by Gasteiger charge is -2.25. The molecule has 0 fully saturated rings. The molecule has 2 N–H and O–H groups in total. The highest BCUT2D eigenvalue weighted by molar-refractivity contribution is 5.87. The summed E-state index contributed by atoms with van der Waals surface area (Å²) in [4.78, 5) is 40.7. The number of phenols is 1. The van der Waals surface area contributed by atoms with E-state index in [1.165, 1.54) is 0 Å². The van der Waals surface area contributed by atoms with Crippen molar-refractivity contribution in [3.63, 3.8) is 0 Å². The summed E-state index contributed by atoms with van der Waals surface area (Å²) in [6.45, 7) is 0. The van der Waals surface area contributed by atoms with E-state index in [2.05, 4.69) is 5.32 Å². The van der Waals surface area contributed by atoms with Crippen LogP contribution < -0.4 is 5.32 Å². The number of hydrogen-bond donors (Lipinski definition) is 2. The van der Waals surface area contributed by atoms with Gasteiger partial charge in [0.2, 0.25) is 0 Å². The molecule has 0 radical (unpaired) electrons. The van der Waals surface area contributed by atoms with Crippen LogP contribution in [0, 0.1) is 40.5 Å². The second-order valence-electron chi connectivity index (χ2n) is 5.43. The first-order valence-electron chi connectivity index (χ1n) is 7.01. The minimum absolute atomic E-state index is 0.130. The molecule has 0 bridgehead atoms. The van der Waals surface area contributed by atoms with E-state index in [0.717, 1.165) is 18.2 Å². The Hall–Kier alpha value is -4.36. The second-order valence-corrected chi connectivity index (χ2v) is 5.43. The number of nitrogens with zero attached hydrogens (tertiary/aromatic N) is 4. The smallest absolute Gasteiger partial charge is 0.327 e. The molecular weight excluding hydrogens is 370 g/mol. The Morgan fingerprint density at radius 2 is 1.59 bits per heavy atom. The molecule has 2 aliphatic rings. The van der Waals surface area contributed by atoms with Crippen molar-refractivity contribution in [2.24, 2.45) is 0 Å². The van der Waals surface area contributed by atoms with Crippen molar-refractivity contribution >= 4 is 23.1 Å².